The van der Waals surface area contributed by atoms with E-state index in [0.717, 1.165) is 31.0 Å². The lowest BCUT2D eigenvalue weighted by Crippen LogP contribution is -2.49. The van der Waals surface area contributed by atoms with Crippen LogP contribution in [0, 0.1) is 0 Å². The lowest BCUT2D eigenvalue weighted by molar-refractivity contribution is 0.0256. The molecule has 3 nitrogen and oxygen atoms in total. The fourth-order valence-electron chi connectivity index (χ4n) is 3.65. The summed E-state index contributed by atoms with van der Waals surface area (Å²) in [7, 11) is 0. The van der Waals surface area contributed by atoms with Crippen LogP contribution in [0.25, 0.3) is 0 Å². The van der Waals surface area contributed by atoms with E-state index in [0.29, 0.717) is 12.1 Å². The number of hydrogen-bond donors (Lipinski definition) is 1. The molecule has 0 spiro atoms. The van der Waals surface area contributed by atoms with E-state index in [9.17, 15) is 0 Å². The first kappa shape index (κ1) is 15.1. The lowest BCUT2D eigenvalue weighted by atomic mass is 10.00. The first-order valence-electron chi connectivity index (χ1n) is 8.11. The summed E-state index contributed by atoms with van der Waals surface area (Å²) < 4.78 is 5.93. The molecule has 21 heavy (non-hydrogen) atoms. The molecule has 1 saturated carbocycles. The normalized spacial score (nSPS) is 26.7. The third-order valence-electron chi connectivity index (χ3n) is 4.84. The Kier molecular flexibility index (Phi) is 4.72. The van der Waals surface area contributed by atoms with Crippen LogP contribution in [-0.4, -0.2) is 31.3 Å². The highest BCUT2D eigenvalue weighted by atomic mass is 35.5. The minimum Gasteiger partial charge on any atom is -0.374 e. The Labute approximate surface area is 132 Å². The largest absolute Gasteiger partial charge is 0.374 e. The van der Waals surface area contributed by atoms with Crippen LogP contribution < -0.4 is 10.6 Å². The van der Waals surface area contributed by atoms with Crippen molar-refractivity contribution in [3.8, 4) is 0 Å². The van der Waals surface area contributed by atoms with Crippen molar-refractivity contribution >= 4 is 17.3 Å². The maximum Gasteiger partial charge on any atom is 0.0779 e. The topological polar surface area (TPSA) is 38.5 Å². The molecule has 1 aromatic rings. The predicted molar refractivity (Wildman–Crippen MR) is 88.1 cm³/mol. The van der Waals surface area contributed by atoms with E-state index >= 15 is 0 Å². The summed E-state index contributed by atoms with van der Waals surface area (Å²) in [5.74, 6) is 0. The molecule has 0 amide bonds. The van der Waals surface area contributed by atoms with Gasteiger partial charge in [-0.15, -0.1) is 0 Å². The Balaban J connectivity index is 1.89. The van der Waals surface area contributed by atoms with Gasteiger partial charge in [0.25, 0.3) is 0 Å². The molecule has 3 rings (SSSR count). The number of nitrogens with zero attached hydrogens (tertiary/aromatic N) is 1. The standard InChI is InChI=1S/C17H25ClN2O/c1-2-14(19)11-12-10-13(18)6-7-15(12)20-8-9-21-17-5-3-4-16(17)20/h6-7,10,14,16-17H,2-5,8-9,11,19H2,1H3. The van der Waals surface area contributed by atoms with Crippen molar-refractivity contribution in [1.29, 1.82) is 0 Å². The first-order chi connectivity index (χ1) is 10.2. The first-order valence-corrected chi connectivity index (χ1v) is 8.49. The summed E-state index contributed by atoms with van der Waals surface area (Å²) in [6, 6.07) is 6.98. The highest BCUT2D eigenvalue weighted by Crippen LogP contribution is 2.35. The van der Waals surface area contributed by atoms with Gasteiger partial charge in [0, 0.05) is 23.3 Å². The van der Waals surface area contributed by atoms with Gasteiger partial charge in [0.15, 0.2) is 0 Å². The Bertz CT molecular complexity index is 494. The van der Waals surface area contributed by atoms with Gasteiger partial charge in [-0.05, 0) is 55.9 Å². The second kappa shape index (κ2) is 6.55. The van der Waals surface area contributed by atoms with Crippen molar-refractivity contribution in [2.75, 3.05) is 18.1 Å². The number of benzene rings is 1. The summed E-state index contributed by atoms with van der Waals surface area (Å²) in [5, 5.41) is 0.799. The SMILES string of the molecule is CCC(N)Cc1cc(Cl)ccc1N1CCOC2CCCC21. The number of fused-ring (bicyclic) bond motifs is 1. The van der Waals surface area contributed by atoms with E-state index in [1.165, 1.54) is 30.5 Å². The number of morpholine rings is 1. The molecule has 3 unspecified atom stereocenters. The van der Waals surface area contributed by atoms with Gasteiger partial charge in [0.2, 0.25) is 0 Å². The van der Waals surface area contributed by atoms with Crippen molar-refractivity contribution in [3.05, 3.63) is 28.8 Å². The van der Waals surface area contributed by atoms with Crippen LogP contribution in [0.15, 0.2) is 18.2 Å². The van der Waals surface area contributed by atoms with Crippen LogP contribution in [0.1, 0.15) is 38.2 Å². The van der Waals surface area contributed by atoms with Crippen LogP contribution in [0.3, 0.4) is 0 Å². The average molecular weight is 309 g/mol. The number of rotatable bonds is 4. The molecule has 1 heterocycles. The summed E-state index contributed by atoms with van der Waals surface area (Å²) in [5.41, 5.74) is 8.76. The molecular weight excluding hydrogens is 284 g/mol. The molecule has 1 aliphatic carbocycles. The third-order valence-corrected chi connectivity index (χ3v) is 5.07. The van der Waals surface area contributed by atoms with Crippen LogP contribution in [-0.2, 0) is 11.2 Å². The highest BCUT2D eigenvalue weighted by Gasteiger charge is 2.36. The van der Waals surface area contributed by atoms with Crippen molar-refractivity contribution in [3.63, 3.8) is 0 Å². The van der Waals surface area contributed by atoms with Crippen LogP contribution in [0.5, 0.6) is 0 Å². The van der Waals surface area contributed by atoms with Gasteiger partial charge < -0.3 is 15.4 Å². The van der Waals surface area contributed by atoms with Gasteiger partial charge in [0.05, 0.1) is 18.8 Å². The summed E-state index contributed by atoms with van der Waals surface area (Å²) in [6.45, 7) is 3.93. The summed E-state index contributed by atoms with van der Waals surface area (Å²) >= 11 is 6.21. The van der Waals surface area contributed by atoms with E-state index in [4.69, 9.17) is 22.1 Å². The van der Waals surface area contributed by atoms with Crippen LogP contribution in [0.4, 0.5) is 5.69 Å². The average Bonchev–Trinajstić information content (AvgIpc) is 2.96. The Morgan fingerprint density at radius 2 is 2.29 bits per heavy atom. The minimum atomic E-state index is 0.197. The molecule has 0 aromatic heterocycles. The fraction of sp³-hybridized carbons (Fsp3) is 0.647. The van der Waals surface area contributed by atoms with Crippen molar-refractivity contribution < 1.29 is 4.74 Å². The molecule has 116 valence electrons. The van der Waals surface area contributed by atoms with Gasteiger partial charge in [0.1, 0.15) is 0 Å². The zero-order valence-electron chi connectivity index (χ0n) is 12.7. The molecule has 1 aromatic carbocycles. The molecule has 1 saturated heterocycles. The van der Waals surface area contributed by atoms with E-state index in [1.54, 1.807) is 0 Å². The minimum absolute atomic E-state index is 0.197. The van der Waals surface area contributed by atoms with E-state index in [1.807, 2.05) is 6.07 Å². The summed E-state index contributed by atoms with van der Waals surface area (Å²) in [4.78, 5) is 2.54. The quantitative estimate of drug-likeness (QED) is 0.926. The monoisotopic (exact) mass is 308 g/mol. The maximum absolute atomic E-state index is 6.21. The van der Waals surface area contributed by atoms with E-state index in [2.05, 4.69) is 24.0 Å². The third kappa shape index (κ3) is 3.20. The van der Waals surface area contributed by atoms with Crippen molar-refractivity contribution in [2.45, 2.75) is 57.2 Å². The molecule has 4 heteroatoms. The van der Waals surface area contributed by atoms with Gasteiger partial charge in [-0.2, -0.15) is 0 Å². The molecule has 0 radical (unpaired) electrons. The summed E-state index contributed by atoms with van der Waals surface area (Å²) in [6.07, 6.45) is 5.97. The Morgan fingerprint density at radius 1 is 1.43 bits per heavy atom. The maximum atomic E-state index is 6.21. The lowest BCUT2D eigenvalue weighted by Gasteiger charge is -2.40. The number of nitrogens with two attached hydrogens (primary N) is 1. The van der Waals surface area contributed by atoms with Crippen molar-refractivity contribution in [1.82, 2.24) is 0 Å². The molecule has 2 fully saturated rings. The van der Waals surface area contributed by atoms with E-state index in [-0.39, 0.29) is 6.04 Å². The second-order valence-corrected chi connectivity index (χ2v) is 6.68. The number of anilines is 1. The Hall–Kier alpha value is -0.770. The van der Waals surface area contributed by atoms with E-state index < -0.39 is 0 Å². The molecule has 0 bridgehead atoms. The van der Waals surface area contributed by atoms with Gasteiger partial charge in [-0.1, -0.05) is 18.5 Å². The van der Waals surface area contributed by atoms with Gasteiger partial charge >= 0.3 is 0 Å². The zero-order valence-corrected chi connectivity index (χ0v) is 13.5. The molecule has 3 atom stereocenters. The molecule has 1 aliphatic heterocycles. The highest BCUT2D eigenvalue weighted by molar-refractivity contribution is 6.30. The molecular formula is C17H25ClN2O. The van der Waals surface area contributed by atoms with Gasteiger partial charge in [-0.3, -0.25) is 0 Å². The van der Waals surface area contributed by atoms with Gasteiger partial charge in [-0.25, -0.2) is 0 Å². The second-order valence-electron chi connectivity index (χ2n) is 6.25. The number of ether oxygens (including phenoxy) is 1. The Morgan fingerprint density at radius 3 is 3.10 bits per heavy atom. The van der Waals surface area contributed by atoms with Crippen LogP contribution in [0.2, 0.25) is 5.02 Å². The van der Waals surface area contributed by atoms with Crippen LogP contribution >= 0.6 is 11.6 Å². The number of hydrogen-bond acceptors (Lipinski definition) is 3. The predicted octanol–water partition coefficient (Wildman–Crippen LogP) is 3.38. The number of halogens is 1. The zero-order chi connectivity index (χ0) is 14.8. The smallest absolute Gasteiger partial charge is 0.0779 e. The van der Waals surface area contributed by atoms with Crippen molar-refractivity contribution in [2.24, 2.45) is 5.73 Å². The fourth-order valence-corrected chi connectivity index (χ4v) is 3.84. The molecule has 2 aliphatic rings. The molecule has 2 N–H and O–H groups in total.